The number of unbranched alkanes of at least 4 members (excludes halogenated alkanes) is 30. The summed E-state index contributed by atoms with van der Waals surface area (Å²) in [7, 11) is 0. The third kappa shape index (κ3) is 18.6. The minimum atomic E-state index is -0.604. The molecule has 4 rings (SSSR count). The second-order valence-corrected chi connectivity index (χ2v) is 23.8. The summed E-state index contributed by atoms with van der Waals surface area (Å²) < 4.78 is 0. The highest BCUT2D eigenvalue weighted by molar-refractivity contribution is 5.76. The van der Waals surface area contributed by atoms with E-state index < -0.39 is 12.2 Å². The fourth-order valence-electron chi connectivity index (χ4n) is 15.1. The maximum Gasteiger partial charge on any atom is 0.222 e. The molecule has 382 valence electrons. The van der Waals surface area contributed by atoms with Gasteiger partial charge in [0.15, 0.2) is 0 Å². The van der Waals surface area contributed by atoms with Gasteiger partial charge in [0.1, 0.15) is 0 Å². The van der Waals surface area contributed by atoms with Gasteiger partial charge in [-0.05, 0) is 112 Å². The average Bonchev–Trinajstić information content (AvgIpc) is 3.66. The molecule has 0 bridgehead atoms. The molecule has 0 spiro atoms. The Labute approximate surface area is 405 Å². The van der Waals surface area contributed by atoms with E-state index in [0.717, 1.165) is 64.5 Å². The van der Waals surface area contributed by atoms with Crippen LogP contribution in [0.4, 0.5) is 0 Å². The van der Waals surface area contributed by atoms with Crippen molar-refractivity contribution >= 4 is 5.91 Å². The van der Waals surface area contributed by atoms with Crippen LogP contribution in [0.1, 0.15) is 297 Å². The molecule has 4 saturated carbocycles. The Balaban J connectivity index is 1.17. The third-order valence-corrected chi connectivity index (χ3v) is 19.3. The van der Waals surface area contributed by atoms with Crippen molar-refractivity contribution in [3.8, 4) is 0 Å². The van der Waals surface area contributed by atoms with Gasteiger partial charge >= 0.3 is 0 Å². The molecule has 0 heterocycles. The predicted octanol–water partition coefficient (Wildman–Crippen LogP) is 16.7. The van der Waals surface area contributed by atoms with Crippen LogP contribution in [0.2, 0.25) is 0 Å². The highest BCUT2D eigenvalue weighted by atomic mass is 16.3. The van der Waals surface area contributed by atoms with E-state index in [1.54, 1.807) is 0 Å². The van der Waals surface area contributed by atoms with E-state index in [9.17, 15) is 20.1 Å². The van der Waals surface area contributed by atoms with Crippen LogP contribution in [-0.2, 0) is 4.79 Å². The van der Waals surface area contributed by atoms with E-state index in [4.69, 9.17) is 0 Å². The molecule has 0 aliphatic heterocycles. The second-order valence-electron chi connectivity index (χ2n) is 23.8. The van der Waals surface area contributed by atoms with Crippen LogP contribution in [-0.4, -0.2) is 58.0 Å². The van der Waals surface area contributed by atoms with Gasteiger partial charge in [0.25, 0.3) is 0 Å². The normalized spacial score (nSPS) is 29.1. The molecule has 10 atom stereocenters. The number of aliphatic hydroxyl groups is 3. The average molecular weight is 913 g/mol. The van der Waals surface area contributed by atoms with Crippen LogP contribution in [0.3, 0.4) is 0 Å². The highest BCUT2D eigenvalue weighted by Gasteiger charge is 2.63. The molecule has 4 aliphatic carbocycles. The molecular formula is C60H113NO4. The zero-order chi connectivity index (χ0) is 46.6. The fourth-order valence-corrected chi connectivity index (χ4v) is 15.1. The molecule has 65 heavy (non-hydrogen) atoms. The van der Waals surface area contributed by atoms with Gasteiger partial charge in [-0.25, -0.2) is 0 Å². The Kier molecular flexibility index (Phi) is 28.9. The first kappa shape index (κ1) is 56.9. The van der Waals surface area contributed by atoms with Crippen LogP contribution < -0.4 is 0 Å². The van der Waals surface area contributed by atoms with Gasteiger partial charge in [0.05, 0.1) is 12.2 Å². The van der Waals surface area contributed by atoms with Gasteiger partial charge in [-0.2, -0.15) is 0 Å². The molecule has 5 nitrogen and oxygen atoms in total. The van der Waals surface area contributed by atoms with Crippen LogP contribution in [0.15, 0.2) is 0 Å². The van der Waals surface area contributed by atoms with E-state index in [1.807, 2.05) is 0 Å². The van der Waals surface area contributed by atoms with E-state index in [0.29, 0.717) is 41.9 Å². The summed E-state index contributed by atoms with van der Waals surface area (Å²) in [5.74, 6) is 3.24. The van der Waals surface area contributed by atoms with Crippen LogP contribution >= 0.6 is 0 Å². The van der Waals surface area contributed by atoms with Gasteiger partial charge in [0, 0.05) is 31.5 Å². The first-order valence-electron chi connectivity index (χ1n) is 30.0. The smallest absolute Gasteiger partial charge is 0.222 e. The molecule has 4 aliphatic rings. The SMILES string of the molecule is CCCCCCCCCCCCCCCCCCN(CCCCCCCCCCCCCCCCCC)C(=O)CC[C@@H](CO)[C@H]1CC[C@H]2[C@@H]3CC[C@@H]4CCC(O)C(O)[C@]4(C)[C@H]3CC[C@]12C. The Morgan fingerprint density at radius 2 is 0.938 bits per heavy atom. The number of carbonyl (C=O) groups excluding carboxylic acids is 1. The second kappa shape index (κ2) is 33.0. The van der Waals surface area contributed by atoms with Crippen molar-refractivity contribution in [1.29, 1.82) is 0 Å². The molecule has 3 N–H and O–H groups in total. The summed E-state index contributed by atoms with van der Waals surface area (Å²) in [4.78, 5) is 16.4. The Hall–Kier alpha value is -0.650. The number of carbonyl (C=O) groups is 1. The third-order valence-electron chi connectivity index (χ3n) is 19.3. The maximum atomic E-state index is 14.1. The number of rotatable bonds is 39. The molecule has 0 aromatic heterocycles. The standard InChI is InChI=1S/C60H113NO4/c1-5-7-9-11-13-15-17-19-21-23-25-27-29-31-33-35-47-61(48-36-34-32-30-28-26-24-22-20-18-16-14-12-10-8-6-2)57(64)44-37-50(49-62)53-41-42-54-52-40-38-51-39-43-56(63)58(65)60(51,4)55(52)45-46-59(53,54)3/h50-56,58,62-63,65H,5-49H2,1-4H3/t50-,51+,52-,53+,54-,55-,56?,58?,59+,60-/m0/s1. The zero-order valence-electron chi connectivity index (χ0n) is 44.1. The summed E-state index contributed by atoms with van der Waals surface area (Å²) in [6.45, 7) is 11.5. The van der Waals surface area contributed by atoms with E-state index in [-0.39, 0.29) is 23.4 Å². The number of aliphatic hydroxyl groups excluding tert-OH is 3. The van der Waals surface area contributed by atoms with Gasteiger partial charge in [0.2, 0.25) is 5.91 Å². The lowest BCUT2D eigenvalue weighted by atomic mass is 9.43. The Bertz CT molecular complexity index is 1150. The number of hydrogen-bond donors (Lipinski definition) is 3. The first-order chi connectivity index (χ1) is 31.7. The Morgan fingerprint density at radius 3 is 1.37 bits per heavy atom. The first-order valence-corrected chi connectivity index (χ1v) is 30.0. The van der Waals surface area contributed by atoms with Crippen LogP contribution in [0.25, 0.3) is 0 Å². The minimum Gasteiger partial charge on any atom is -0.396 e. The molecule has 1 amide bonds. The lowest BCUT2D eigenvalue weighted by Gasteiger charge is -2.62. The van der Waals surface area contributed by atoms with E-state index in [2.05, 4.69) is 32.6 Å². The van der Waals surface area contributed by atoms with Crippen molar-refractivity contribution in [2.24, 2.45) is 46.3 Å². The lowest BCUT2D eigenvalue weighted by Crippen LogP contribution is -2.60. The molecule has 2 unspecified atom stereocenters. The van der Waals surface area contributed by atoms with Crippen molar-refractivity contribution in [1.82, 2.24) is 4.90 Å². The number of nitrogens with zero attached hydrogens (tertiary/aromatic N) is 1. The van der Waals surface area contributed by atoms with Gasteiger partial charge in [-0.1, -0.05) is 220 Å². The number of amides is 1. The number of hydrogen-bond acceptors (Lipinski definition) is 4. The van der Waals surface area contributed by atoms with Gasteiger partial charge in [-0.3, -0.25) is 4.79 Å². The molecular weight excluding hydrogens is 799 g/mol. The largest absolute Gasteiger partial charge is 0.396 e. The van der Waals surface area contributed by atoms with Crippen molar-refractivity contribution in [3.63, 3.8) is 0 Å². The zero-order valence-corrected chi connectivity index (χ0v) is 44.1. The summed E-state index contributed by atoms with van der Waals surface area (Å²) >= 11 is 0. The number of fused-ring (bicyclic) bond motifs is 5. The molecule has 4 fully saturated rings. The molecule has 0 aromatic carbocycles. The van der Waals surface area contributed by atoms with Crippen LogP contribution in [0, 0.1) is 46.3 Å². The van der Waals surface area contributed by atoms with Crippen molar-refractivity contribution in [2.75, 3.05) is 19.7 Å². The summed E-state index contributed by atoms with van der Waals surface area (Å²) in [5, 5.41) is 33.2. The topological polar surface area (TPSA) is 81.0 Å². The van der Waals surface area contributed by atoms with Gasteiger partial charge in [-0.15, -0.1) is 0 Å². The van der Waals surface area contributed by atoms with Crippen molar-refractivity contribution in [2.45, 2.75) is 310 Å². The monoisotopic (exact) mass is 912 g/mol. The lowest BCUT2D eigenvalue weighted by molar-refractivity contribution is -0.196. The van der Waals surface area contributed by atoms with Crippen LogP contribution in [0.5, 0.6) is 0 Å². The summed E-state index contributed by atoms with van der Waals surface area (Å²) in [6.07, 6.45) is 53.0. The van der Waals surface area contributed by atoms with Gasteiger partial charge < -0.3 is 20.2 Å². The maximum absolute atomic E-state index is 14.1. The molecule has 0 aromatic rings. The molecule has 5 heteroatoms. The predicted molar refractivity (Wildman–Crippen MR) is 278 cm³/mol. The van der Waals surface area contributed by atoms with E-state index in [1.165, 1.54) is 212 Å². The molecule has 0 radical (unpaired) electrons. The quantitative estimate of drug-likeness (QED) is 0.0537. The minimum absolute atomic E-state index is 0.176. The van der Waals surface area contributed by atoms with Crippen molar-refractivity contribution in [3.05, 3.63) is 0 Å². The fraction of sp³-hybridized carbons (Fsp3) is 0.983. The van der Waals surface area contributed by atoms with E-state index >= 15 is 0 Å². The summed E-state index contributed by atoms with van der Waals surface area (Å²) in [5.41, 5.74) is 0.0188. The van der Waals surface area contributed by atoms with Crippen molar-refractivity contribution < 1.29 is 20.1 Å². The molecule has 0 saturated heterocycles. The summed E-state index contributed by atoms with van der Waals surface area (Å²) in [6, 6.07) is 0. The highest BCUT2D eigenvalue weighted by Crippen LogP contribution is 2.68. The Morgan fingerprint density at radius 1 is 0.523 bits per heavy atom.